The van der Waals surface area contributed by atoms with Crippen LogP contribution < -0.4 is 5.32 Å². The third-order valence-corrected chi connectivity index (χ3v) is 6.65. The molecule has 1 saturated carbocycles. The molecule has 2 aromatic heterocycles. The van der Waals surface area contributed by atoms with Crippen molar-refractivity contribution in [3.8, 4) is 0 Å². The van der Waals surface area contributed by atoms with Crippen LogP contribution in [0.4, 0.5) is 5.82 Å². The minimum Gasteiger partial charge on any atom is -0.369 e. The fourth-order valence-electron chi connectivity index (χ4n) is 4.81. The molecule has 0 atom stereocenters. The first kappa shape index (κ1) is 17.1. The van der Waals surface area contributed by atoms with Gasteiger partial charge in [0.15, 0.2) is 0 Å². The predicted octanol–water partition coefficient (Wildman–Crippen LogP) is 3.48. The van der Waals surface area contributed by atoms with Crippen LogP contribution in [0.25, 0.3) is 0 Å². The summed E-state index contributed by atoms with van der Waals surface area (Å²) in [6.07, 6.45) is 9.39. The Hall–Kier alpha value is -2.01. The lowest BCUT2D eigenvalue weighted by molar-refractivity contribution is 0.148. The van der Waals surface area contributed by atoms with Crippen LogP contribution in [0.3, 0.4) is 0 Å². The maximum atomic E-state index is 4.96. The highest BCUT2D eigenvalue weighted by Crippen LogP contribution is 2.47. The number of nitrogens with zero attached hydrogens (tertiary/aromatic N) is 4. The zero-order valence-corrected chi connectivity index (χ0v) is 16.2. The van der Waals surface area contributed by atoms with Crippen LogP contribution in [0, 0.1) is 12.8 Å². The molecule has 142 valence electrons. The normalized spacial score (nSPS) is 21.4. The molecule has 2 aromatic rings. The van der Waals surface area contributed by atoms with Gasteiger partial charge in [-0.25, -0.2) is 9.97 Å². The van der Waals surface area contributed by atoms with Gasteiger partial charge in [0.2, 0.25) is 0 Å². The molecule has 3 aliphatic rings. The zero-order valence-electron chi connectivity index (χ0n) is 16.2. The molecule has 1 N–H and O–H groups in total. The monoisotopic (exact) mass is 363 g/mol. The van der Waals surface area contributed by atoms with Crippen molar-refractivity contribution in [2.45, 2.75) is 57.4 Å². The van der Waals surface area contributed by atoms with E-state index in [0.29, 0.717) is 0 Å². The molecule has 1 saturated heterocycles. The molecule has 2 aliphatic carbocycles. The van der Waals surface area contributed by atoms with Gasteiger partial charge in [-0.2, -0.15) is 0 Å². The second-order valence-electron chi connectivity index (χ2n) is 8.65. The Bertz CT molecular complexity index is 807. The Morgan fingerprint density at radius 1 is 1.15 bits per heavy atom. The SMILES string of the molecule is Cc1nc(NCC2CC2)c2c(n1)C1(CC2)CCN(Cc2ccccn2)CC1. The Labute approximate surface area is 161 Å². The third kappa shape index (κ3) is 3.45. The number of rotatable bonds is 5. The standard InChI is InChI=1S/C22H29N5/c1-16-25-20-19(21(26-16)24-14-17-5-6-17)7-8-22(20)9-12-27(13-10-22)15-18-4-2-3-11-23-18/h2-4,11,17H,5-10,12-15H2,1H3,(H,24,25,26). The van der Waals surface area contributed by atoms with Gasteiger partial charge in [-0.1, -0.05) is 6.07 Å². The van der Waals surface area contributed by atoms with Gasteiger partial charge in [-0.15, -0.1) is 0 Å². The lowest BCUT2D eigenvalue weighted by atomic mass is 9.76. The summed E-state index contributed by atoms with van der Waals surface area (Å²) >= 11 is 0. The van der Waals surface area contributed by atoms with E-state index in [0.717, 1.165) is 50.2 Å². The van der Waals surface area contributed by atoms with Gasteiger partial charge < -0.3 is 5.32 Å². The lowest BCUT2D eigenvalue weighted by Gasteiger charge is -2.39. The molecule has 5 nitrogen and oxygen atoms in total. The molecule has 0 unspecified atom stereocenters. The average molecular weight is 364 g/mol. The highest BCUT2D eigenvalue weighted by molar-refractivity contribution is 5.52. The molecule has 3 heterocycles. The topological polar surface area (TPSA) is 53.9 Å². The maximum Gasteiger partial charge on any atom is 0.133 e. The summed E-state index contributed by atoms with van der Waals surface area (Å²) in [5.41, 5.74) is 4.19. The van der Waals surface area contributed by atoms with Crippen LogP contribution in [0.1, 0.15) is 54.9 Å². The number of pyridine rings is 1. The molecule has 1 spiro atoms. The number of aryl methyl sites for hydroxylation is 1. The largest absolute Gasteiger partial charge is 0.369 e. The highest BCUT2D eigenvalue weighted by atomic mass is 15.1. The van der Waals surface area contributed by atoms with Crippen LogP contribution in [-0.4, -0.2) is 39.5 Å². The average Bonchev–Trinajstić information content (AvgIpc) is 3.46. The number of hydrogen-bond acceptors (Lipinski definition) is 5. The van der Waals surface area contributed by atoms with Crippen LogP contribution >= 0.6 is 0 Å². The Morgan fingerprint density at radius 3 is 2.74 bits per heavy atom. The Kier molecular flexibility index (Phi) is 4.35. The number of anilines is 1. The van der Waals surface area contributed by atoms with Crippen LogP contribution in [-0.2, 0) is 18.4 Å². The highest BCUT2D eigenvalue weighted by Gasteiger charge is 2.44. The molecule has 27 heavy (non-hydrogen) atoms. The van der Waals surface area contributed by atoms with Gasteiger partial charge in [-0.3, -0.25) is 9.88 Å². The van der Waals surface area contributed by atoms with Crippen molar-refractivity contribution in [2.24, 2.45) is 5.92 Å². The molecule has 1 aliphatic heterocycles. The van der Waals surface area contributed by atoms with Crippen molar-refractivity contribution in [3.05, 3.63) is 47.2 Å². The molecular weight excluding hydrogens is 334 g/mol. The van der Waals surface area contributed by atoms with Gasteiger partial charge in [0.05, 0.1) is 11.4 Å². The number of fused-ring (bicyclic) bond motifs is 2. The Balaban J connectivity index is 1.31. The van der Waals surface area contributed by atoms with Crippen molar-refractivity contribution in [3.63, 3.8) is 0 Å². The smallest absolute Gasteiger partial charge is 0.133 e. The van der Waals surface area contributed by atoms with Gasteiger partial charge in [0.1, 0.15) is 11.6 Å². The number of likely N-dealkylation sites (tertiary alicyclic amines) is 1. The van der Waals surface area contributed by atoms with Crippen molar-refractivity contribution >= 4 is 5.82 Å². The minimum atomic E-state index is 0.264. The number of aromatic nitrogens is 3. The zero-order chi connectivity index (χ0) is 18.3. The first-order valence-electron chi connectivity index (χ1n) is 10.5. The van der Waals surface area contributed by atoms with E-state index in [4.69, 9.17) is 9.97 Å². The van der Waals surface area contributed by atoms with Crippen molar-refractivity contribution < 1.29 is 0 Å². The van der Waals surface area contributed by atoms with Crippen molar-refractivity contribution in [2.75, 3.05) is 25.0 Å². The quantitative estimate of drug-likeness (QED) is 0.881. The van der Waals surface area contributed by atoms with E-state index in [2.05, 4.69) is 27.3 Å². The third-order valence-electron chi connectivity index (χ3n) is 6.65. The second kappa shape index (κ2) is 6.86. The molecule has 5 heteroatoms. The fraction of sp³-hybridized carbons (Fsp3) is 0.591. The summed E-state index contributed by atoms with van der Waals surface area (Å²) in [5, 5.41) is 3.64. The first-order valence-corrected chi connectivity index (χ1v) is 10.5. The summed E-state index contributed by atoms with van der Waals surface area (Å²) in [7, 11) is 0. The van der Waals surface area contributed by atoms with E-state index < -0.39 is 0 Å². The fourth-order valence-corrected chi connectivity index (χ4v) is 4.81. The number of hydrogen-bond donors (Lipinski definition) is 1. The molecule has 0 aromatic carbocycles. The summed E-state index contributed by atoms with van der Waals surface area (Å²) in [6, 6.07) is 6.20. The lowest BCUT2D eigenvalue weighted by Crippen LogP contribution is -2.41. The van der Waals surface area contributed by atoms with E-state index in [1.807, 2.05) is 19.2 Å². The minimum absolute atomic E-state index is 0.264. The number of piperidine rings is 1. The summed E-state index contributed by atoms with van der Waals surface area (Å²) in [6.45, 7) is 6.34. The van der Waals surface area contributed by atoms with Crippen LogP contribution in [0.15, 0.2) is 24.4 Å². The molecule has 0 radical (unpaired) electrons. The van der Waals surface area contributed by atoms with E-state index in [1.165, 1.54) is 49.1 Å². The van der Waals surface area contributed by atoms with Crippen LogP contribution in [0.5, 0.6) is 0 Å². The van der Waals surface area contributed by atoms with E-state index in [-0.39, 0.29) is 5.41 Å². The second-order valence-corrected chi connectivity index (χ2v) is 8.65. The molecule has 0 amide bonds. The number of nitrogens with one attached hydrogen (secondary N) is 1. The van der Waals surface area contributed by atoms with Crippen molar-refractivity contribution in [1.82, 2.24) is 19.9 Å². The van der Waals surface area contributed by atoms with E-state index in [9.17, 15) is 0 Å². The van der Waals surface area contributed by atoms with E-state index in [1.54, 1.807) is 0 Å². The summed E-state index contributed by atoms with van der Waals surface area (Å²) in [4.78, 5) is 16.8. The van der Waals surface area contributed by atoms with E-state index >= 15 is 0 Å². The Morgan fingerprint density at radius 2 is 2.00 bits per heavy atom. The van der Waals surface area contributed by atoms with Crippen molar-refractivity contribution in [1.29, 1.82) is 0 Å². The predicted molar refractivity (Wildman–Crippen MR) is 107 cm³/mol. The molecule has 0 bridgehead atoms. The van der Waals surface area contributed by atoms with Gasteiger partial charge in [-0.05, 0) is 76.6 Å². The van der Waals surface area contributed by atoms with Gasteiger partial charge in [0.25, 0.3) is 0 Å². The summed E-state index contributed by atoms with van der Waals surface area (Å²) < 4.78 is 0. The molecule has 2 fully saturated rings. The van der Waals surface area contributed by atoms with Gasteiger partial charge >= 0.3 is 0 Å². The molecule has 5 rings (SSSR count). The van der Waals surface area contributed by atoms with Gasteiger partial charge in [0, 0.05) is 30.3 Å². The maximum absolute atomic E-state index is 4.96. The first-order chi connectivity index (χ1) is 13.2. The van der Waals surface area contributed by atoms with Crippen LogP contribution in [0.2, 0.25) is 0 Å². The summed E-state index contributed by atoms with van der Waals surface area (Å²) in [5.74, 6) is 2.91. The molecular formula is C22H29N5.